The van der Waals surface area contributed by atoms with Crippen LogP contribution in [-0.4, -0.2) is 23.6 Å². The van der Waals surface area contributed by atoms with Crippen molar-refractivity contribution in [1.29, 1.82) is 0 Å². The second-order valence-electron chi connectivity index (χ2n) is 5.79. The minimum absolute atomic E-state index is 0.342. The van der Waals surface area contributed by atoms with Gasteiger partial charge in [-0.15, -0.1) is 0 Å². The molecule has 5 nitrogen and oxygen atoms in total. The predicted octanol–water partition coefficient (Wildman–Crippen LogP) is 1.92. The summed E-state index contributed by atoms with van der Waals surface area (Å²) < 4.78 is 5.12. The number of carbonyl (C=O) groups is 2. The summed E-state index contributed by atoms with van der Waals surface area (Å²) in [5.41, 5.74) is 6.76. The highest BCUT2D eigenvalue weighted by atomic mass is 16.6. The summed E-state index contributed by atoms with van der Waals surface area (Å²) in [4.78, 5) is 23.1. The molecule has 0 unspecified atom stereocenters. The van der Waals surface area contributed by atoms with E-state index >= 15 is 0 Å². The van der Waals surface area contributed by atoms with Gasteiger partial charge in [-0.05, 0) is 33.3 Å². The van der Waals surface area contributed by atoms with Crippen LogP contribution in [0.15, 0.2) is 24.3 Å². The normalized spacial score (nSPS) is 12.6. The second-order valence-corrected chi connectivity index (χ2v) is 5.79. The Kier molecular flexibility index (Phi) is 5.13. The number of nitrogens with two attached hydrogens (primary N) is 1. The number of alkyl carbamates (subject to hydrolysis) is 1. The third-order valence-corrected chi connectivity index (χ3v) is 2.59. The maximum Gasteiger partial charge on any atom is 0.408 e. The molecule has 0 aliphatic rings. The molecule has 0 saturated heterocycles. The number of benzene rings is 1. The number of nitrogens with one attached hydrogen (secondary N) is 1. The topological polar surface area (TPSA) is 81.4 Å². The average molecular weight is 278 g/mol. The molecule has 0 spiro atoms. The van der Waals surface area contributed by atoms with Gasteiger partial charge in [-0.25, -0.2) is 4.79 Å². The zero-order valence-electron chi connectivity index (χ0n) is 12.4. The molecule has 0 saturated carbocycles. The average Bonchev–Trinajstić information content (AvgIpc) is 2.28. The SMILES string of the molecule is Cc1ccc(C[C@@H](NC(=O)OC(C)(C)C)C(N)=O)cc1. The van der Waals surface area contributed by atoms with E-state index < -0.39 is 23.6 Å². The van der Waals surface area contributed by atoms with Crippen LogP contribution in [0.5, 0.6) is 0 Å². The van der Waals surface area contributed by atoms with Crippen LogP contribution in [0.25, 0.3) is 0 Å². The Bertz CT molecular complexity index is 475. The van der Waals surface area contributed by atoms with Gasteiger partial charge >= 0.3 is 6.09 Å². The summed E-state index contributed by atoms with van der Waals surface area (Å²) in [5, 5.41) is 2.50. The molecule has 0 aliphatic carbocycles. The van der Waals surface area contributed by atoms with Crippen LogP contribution in [-0.2, 0) is 16.0 Å². The lowest BCUT2D eigenvalue weighted by molar-refractivity contribution is -0.120. The largest absolute Gasteiger partial charge is 0.444 e. The number of rotatable bonds is 4. The number of ether oxygens (including phenoxy) is 1. The molecule has 1 atom stereocenters. The van der Waals surface area contributed by atoms with E-state index in [9.17, 15) is 9.59 Å². The monoisotopic (exact) mass is 278 g/mol. The number of hydrogen-bond acceptors (Lipinski definition) is 3. The first-order chi connectivity index (χ1) is 9.17. The van der Waals surface area contributed by atoms with Crippen molar-refractivity contribution in [3.63, 3.8) is 0 Å². The number of amides is 2. The van der Waals surface area contributed by atoms with Crippen molar-refractivity contribution in [1.82, 2.24) is 5.32 Å². The molecule has 0 radical (unpaired) electrons. The lowest BCUT2D eigenvalue weighted by Crippen LogP contribution is -2.47. The van der Waals surface area contributed by atoms with Gasteiger partial charge in [0.2, 0.25) is 5.91 Å². The maximum absolute atomic E-state index is 11.7. The van der Waals surface area contributed by atoms with Gasteiger partial charge in [-0.3, -0.25) is 4.79 Å². The Hall–Kier alpha value is -2.04. The lowest BCUT2D eigenvalue weighted by Gasteiger charge is -2.22. The summed E-state index contributed by atoms with van der Waals surface area (Å²) in [6, 6.07) is 6.92. The smallest absolute Gasteiger partial charge is 0.408 e. The molecule has 0 aliphatic heterocycles. The van der Waals surface area contributed by atoms with E-state index in [0.29, 0.717) is 6.42 Å². The van der Waals surface area contributed by atoms with E-state index in [1.165, 1.54) is 0 Å². The molecule has 1 rings (SSSR count). The van der Waals surface area contributed by atoms with Crippen molar-refractivity contribution >= 4 is 12.0 Å². The molecule has 0 heterocycles. The van der Waals surface area contributed by atoms with E-state index in [2.05, 4.69) is 5.32 Å². The van der Waals surface area contributed by atoms with Crippen molar-refractivity contribution in [2.24, 2.45) is 5.73 Å². The van der Waals surface area contributed by atoms with Gasteiger partial charge in [0.05, 0.1) is 0 Å². The summed E-state index contributed by atoms with van der Waals surface area (Å²) in [5.74, 6) is -0.587. The minimum atomic E-state index is -0.785. The second kappa shape index (κ2) is 6.41. The quantitative estimate of drug-likeness (QED) is 0.882. The summed E-state index contributed by atoms with van der Waals surface area (Å²) in [6.07, 6.45) is -0.303. The Balaban J connectivity index is 2.68. The maximum atomic E-state index is 11.7. The Labute approximate surface area is 119 Å². The van der Waals surface area contributed by atoms with E-state index in [1.807, 2.05) is 31.2 Å². The number of primary amides is 1. The summed E-state index contributed by atoms with van der Waals surface area (Å²) in [7, 11) is 0. The van der Waals surface area contributed by atoms with Crippen LogP contribution in [0.1, 0.15) is 31.9 Å². The highest BCUT2D eigenvalue weighted by molar-refractivity contribution is 5.84. The Morgan fingerprint density at radius 1 is 1.25 bits per heavy atom. The van der Waals surface area contributed by atoms with Gasteiger partial charge in [0, 0.05) is 6.42 Å². The fourth-order valence-corrected chi connectivity index (χ4v) is 1.63. The zero-order valence-corrected chi connectivity index (χ0v) is 12.4. The van der Waals surface area contributed by atoms with Crippen molar-refractivity contribution in [3.05, 3.63) is 35.4 Å². The Morgan fingerprint density at radius 3 is 2.25 bits per heavy atom. The van der Waals surface area contributed by atoms with Crippen LogP contribution >= 0.6 is 0 Å². The van der Waals surface area contributed by atoms with Crippen molar-refractivity contribution < 1.29 is 14.3 Å². The highest BCUT2D eigenvalue weighted by Crippen LogP contribution is 2.09. The lowest BCUT2D eigenvalue weighted by atomic mass is 10.0. The molecule has 0 aromatic heterocycles. The summed E-state index contributed by atoms with van der Waals surface area (Å²) in [6.45, 7) is 7.25. The van der Waals surface area contributed by atoms with Crippen LogP contribution < -0.4 is 11.1 Å². The van der Waals surface area contributed by atoms with E-state index in [1.54, 1.807) is 20.8 Å². The van der Waals surface area contributed by atoms with Crippen LogP contribution in [0.4, 0.5) is 4.79 Å². The molecule has 3 N–H and O–H groups in total. The molecule has 110 valence electrons. The van der Waals surface area contributed by atoms with E-state index in [4.69, 9.17) is 10.5 Å². The van der Waals surface area contributed by atoms with Crippen molar-refractivity contribution in [2.75, 3.05) is 0 Å². The number of aryl methyl sites for hydroxylation is 1. The summed E-state index contributed by atoms with van der Waals surface area (Å²) >= 11 is 0. The molecular formula is C15H22N2O3. The fourth-order valence-electron chi connectivity index (χ4n) is 1.63. The third-order valence-electron chi connectivity index (χ3n) is 2.59. The molecular weight excluding hydrogens is 256 g/mol. The van der Waals surface area contributed by atoms with Gasteiger partial charge in [0.25, 0.3) is 0 Å². The standard InChI is InChI=1S/C15H22N2O3/c1-10-5-7-11(8-6-10)9-12(13(16)18)17-14(19)20-15(2,3)4/h5-8,12H,9H2,1-4H3,(H2,16,18)(H,17,19)/t12-/m1/s1. The molecule has 20 heavy (non-hydrogen) atoms. The Morgan fingerprint density at radius 2 is 1.80 bits per heavy atom. The van der Waals surface area contributed by atoms with Crippen molar-refractivity contribution in [3.8, 4) is 0 Å². The van der Waals surface area contributed by atoms with E-state index in [0.717, 1.165) is 11.1 Å². The first kappa shape index (κ1) is 16.0. The van der Waals surface area contributed by atoms with Gasteiger partial charge in [-0.1, -0.05) is 29.8 Å². The molecule has 1 aromatic carbocycles. The fraction of sp³-hybridized carbons (Fsp3) is 0.467. The molecule has 2 amide bonds. The highest BCUT2D eigenvalue weighted by Gasteiger charge is 2.22. The van der Waals surface area contributed by atoms with Crippen LogP contribution in [0, 0.1) is 6.92 Å². The zero-order chi connectivity index (χ0) is 15.3. The van der Waals surface area contributed by atoms with Gasteiger partial charge in [0.1, 0.15) is 11.6 Å². The molecule has 5 heteroatoms. The number of carbonyl (C=O) groups excluding carboxylic acids is 2. The van der Waals surface area contributed by atoms with E-state index in [-0.39, 0.29) is 0 Å². The first-order valence-corrected chi connectivity index (χ1v) is 6.52. The molecule has 0 fully saturated rings. The van der Waals surface area contributed by atoms with Gasteiger partial charge in [-0.2, -0.15) is 0 Å². The van der Waals surface area contributed by atoms with Crippen LogP contribution in [0.3, 0.4) is 0 Å². The molecule has 1 aromatic rings. The van der Waals surface area contributed by atoms with Crippen LogP contribution in [0.2, 0.25) is 0 Å². The van der Waals surface area contributed by atoms with Gasteiger partial charge in [0.15, 0.2) is 0 Å². The van der Waals surface area contributed by atoms with Crippen molar-refractivity contribution in [2.45, 2.75) is 45.8 Å². The third kappa shape index (κ3) is 5.73. The van der Waals surface area contributed by atoms with Gasteiger partial charge < -0.3 is 15.8 Å². The minimum Gasteiger partial charge on any atom is -0.444 e. The molecule has 0 bridgehead atoms. The first-order valence-electron chi connectivity index (χ1n) is 6.52. The predicted molar refractivity (Wildman–Crippen MR) is 77.2 cm³/mol. The number of hydrogen-bond donors (Lipinski definition) is 2.